The van der Waals surface area contributed by atoms with Gasteiger partial charge in [-0.3, -0.25) is 19.3 Å². The van der Waals surface area contributed by atoms with E-state index in [-0.39, 0.29) is 56.0 Å². The summed E-state index contributed by atoms with van der Waals surface area (Å²) in [5.41, 5.74) is 6.08. The zero-order valence-corrected chi connectivity index (χ0v) is 20.3. The van der Waals surface area contributed by atoms with Crippen LogP contribution >= 0.6 is 0 Å². The highest BCUT2D eigenvalue weighted by molar-refractivity contribution is 6.02. The van der Waals surface area contributed by atoms with Crippen LogP contribution in [0.4, 0.5) is 26.3 Å². The number of nitrogens with two attached hydrogens (primary N) is 2. The number of amides is 3. The van der Waals surface area contributed by atoms with Gasteiger partial charge in [-0.15, -0.1) is 0 Å². The molecule has 1 aromatic carbocycles. The Bertz CT molecular complexity index is 1300. The van der Waals surface area contributed by atoms with Crippen molar-refractivity contribution in [3.8, 4) is 0 Å². The van der Waals surface area contributed by atoms with Crippen LogP contribution in [0.15, 0.2) is 28.2 Å². The molecule has 3 unspecified atom stereocenters. The predicted molar refractivity (Wildman–Crippen MR) is 123 cm³/mol. The Balaban J connectivity index is 1.43. The summed E-state index contributed by atoms with van der Waals surface area (Å²) in [7, 11) is 0. The standard InChI is InChI=1S/C22H22F6N8O4/c23-21(24,25)9-3-8(4-10(5-9)22(26,27)28)17(40)31-12-7-36-19(30)32-11(6-35-13(37)1-2-14(35)38)15-20(36,16(12)39)34-18(29)33-15/h3-5,11-12,15-16,39H,1-2,6-7H2,(H2,30,32)(H,31,40)(H3,29,33,34)/t11?,12-,15?,16+,20?/m0/s1. The van der Waals surface area contributed by atoms with E-state index in [2.05, 4.69) is 20.6 Å². The lowest BCUT2D eigenvalue weighted by Crippen LogP contribution is -2.73. The largest absolute Gasteiger partial charge is 0.416 e. The van der Waals surface area contributed by atoms with Gasteiger partial charge in [0, 0.05) is 24.9 Å². The Kier molecular flexibility index (Phi) is 6.16. The lowest BCUT2D eigenvalue weighted by Gasteiger charge is -2.46. The van der Waals surface area contributed by atoms with Gasteiger partial charge in [0.1, 0.15) is 12.1 Å². The predicted octanol–water partition coefficient (Wildman–Crippen LogP) is -0.672. The number of aliphatic hydroxyl groups is 1. The van der Waals surface area contributed by atoms with Gasteiger partial charge in [-0.05, 0) is 18.2 Å². The summed E-state index contributed by atoms with van der Waals surface area (Å²) in [6.07, 6.45) is -11.9. The molecule has 7 N–H and O–H groups in total. The van der Waals surface area contributed by atoms with E-state index in [0.29, 0.717) is 0 Å². The summed E-state index contributed by atoms with van der Waals surface area (Å²) in [4.78, 5) is 48.1. The average Bonchev–Trinajstić information content (AvgIpc) is 3.47. The number of rotatable bonds is 4. The van der Waals surface area contributed by atoms with Crippen LogP contribution in [0, 0.1) is 0 Å². The summed E-state index contributed by atoms with van der Waals surface area (Å²) in [5, 5.41) is 16.4. The van der Waals surface area contributed by atoms with Gasteiger partial charge in [-0.2, -0.15) is 26.3 Å². The molecule has 18 heteroatoms. The molecule has 4 aliphatic heterocycles. The van der Waals surface area contributed by atoms with E-state index in [1.807, 2.05) is 0 Å². The smallest absolute Gasteiger partial charge is 0.386 e. The van der Waals surface area contributed by atoms with Gasteiger partial charge in [0.25, 0.3) is 5.91 Å². The van der Waals surface area contributed by atoms with Crippen molar-refractivity contribution >= 4 is 29.6 Å². The molecule has 2 fully saturated rings. The Morgan fingerprint density at radius 1 is 1.05 bits per heavy atom. The number of hydrogen-bond acceptors (Lipinski definition) is 10. The molecule has 0 saturated carbocycles. The maximum Gasteiger partial charge on any atom is 0.416 e. The summed E-state index contributed by atoms with van der Waals surface area (Å²) >= 11 is 0. The van der Waals surface area contributed by atoms with Crippen molar-refractivity contribution < 1.29 is 45.8 Å². The van der Waals surface area contributed by atoms with Crippen LogP contribution in [-0.4, -0.2) is 87.5 Å². The third-order valence-corrected chi connectivity index (χ3v) is 7.35. The molecule has 1 aromatic rings. The van der Waals surface area contributed by atoms with Crippen molar-refractivity contribution in [2.45, 2.75) is 55.1 Å². The van der Waals surface area contributed by atoms with Gasteiger partial charge >= 0.3 is 12.4 Å². The molecular formula is C22H22F6N8O4. The number of aliphatic imine (C=N–C) groups is 2. The van der Waals surface area contributed by atoms with Gasteiger partial charge in [-0.1, -0.05) is 0 Å². The minimum absolute atomic E-state index is 0.0126. The fraction of sp³-hybridized carbons (Fsp3) is 0.500. The van der Waals surface area contributed by atoms with E-state index < -0.39 is 76.7 Å². The SMILES string of the molecule is NC1=NC2C(CN3C(=O)CCC3=O)N=C(N)N3C[C@H](NC(=O)c4cc(C(F)(F)F)cc(C(F)(F)F)c4)[C@@H](O)C23N1. The monoisotopic (exact) mass is 576 g/mol. The number of benzene rings is 1. The number of aliphatic hydroxyl groups excluding tert-OH is 1. The molecule has 1 spiro atoms. The Hall–Kier alpha value is -4.09. The highest BCUT2D eigenvalue weighted by Gasteiger charge is 2.66. The molecular weight excluding hydrogens is 554 g/mol. The summed E-state index contributed by atoms with van der Waals surface area (Å²) in [6.45, 7) is -0.515. The highest BCUT2D eigenvalue weighted by Crippen LogP contribution is 2.41. The molecule has 4 aliphatic rings. The maximum atomic E-state index is 13.3. The topological polar surface area (TPSA) is 179 Å². The number of hydrogen-bond donors (Lipinski definition) is 5. The zero-order chi connectivity index (χ0) is 29.4. The lowest BCUT2D eigenvalue weighted by atomic mass is 9.87. The average molecular weight is 576 g/mol. The molecule has 40 heavy (non-hydrogen) atoms. The van der Waals surface area contributed by atoms with Gasteiger partial charge in [0.2, 0.25) is 11.8 Å². The van der Waals surface area contributed by atoms with Crippen molar-refractivity contribution in [1.82, 2.24) is 20.4 Å². The van der Waals surface area contributed by atoms with E-state index in [1.165, 1.54) is 4.90 Å². The first-order valence-corrected chi connectivity index (χ1v) is 11.9. The van der Waals surface area contributed by atoms with E-state index in [9.17, 15) is 45.8 Å². The molecule has 5 atom stereocenters. The van der Waals surface area contributed by atoms with Crippen molar-refractivity contribution in [1.29, 1.82) is 0 Å². The first kappa shape index (κ1) is 27.5. The fourth-order valence-corrected chi connectivity index (χ4v) is 5.54. The van der Waals surface area contributed by atoms with Crippen molar-refractivity contribution in [2.24, 2.45) is 21.5 Å². The number of nitrogens with zero attached hydrogens (tertiary/aromatic N) is 4. The second-order valence-corrected chi connectivity index (χ2v) is 9.79. The third kappa shape index (κ3) is 4.35. The highest BCUT2D eigenvalue weighted by atomic mass is 19.4. The second-order valence-electron chi connectivity index (χ2n) is 9.79. The molecule has 3 amide bonds. The molecule has 0 radical (unpaired) electrons. The molecule has 0 aromatic heterocycles. The number of imide groups is 1. The minimum Gasteiger partial charge on any atom is -0.386 e. The molecule has 5 rings (SSSR count). The first-order chi connectivity index (χ1) is 18.5. The normalized spacial score (nSPS) is 30.1. The van der Waals surface area contributed by atoms with Gasteiger partial charge < -0.3 is 32.1 Å². The molecule has 12 nitrogen and oxygen atoms in total. The summed E-state index contributed by atoms with van der Waals surface area (Å²) in [5.74, 6) is -2.54. The number of likely N-dealkylation sites (tertiary alicyclic amines) is 1. The van der Waals surface area contributed by atoms with Crippen LogP contribution in [0.5, 0.6) is 0 Å². The van der Waals surface area contributed by atoms with Crippen LogP contribution in [0.1, 0.15) is 34.3 Å². The van der Waals surface area contributed by atoms with Crippen LogP contribution in [0.2, 0.25) is 0 Å². The third-order valence-electron chi connectivity index (χ3n) is 7.35. The van der Waals surface area contributed by atoms with Crippen LogP contribution in [-0.2, 0) is 21.9 Å². The summed E-state index contributed by atoms with van der Waals surface area (Å²) < 4.78 is 79.6. The molecule has 4 heterocycles. The van der Waals surface area contributed by atoms with E-state index in [0.717, 1.165) is 4.90 Å². The van der Waals surface area contributed by atoms with Gasteiger partial charge in [0.15, 0.2) is 17.6 Å². The summed E-state index contributed by atoms with van der Waals surface area (Å²) in [6, 6.07) is -2.87. The van der Waals surface area contributed by atoms with E-state index in [1.54, 1.807) is 0 Å². The van der Waals surface area contributed by atoms with E-state index in [4.69, 9.17) is 11.5 Å². The first-order valence-electron chi connectivity index (χ1n) is 11.9. The Morgan fingerprint density at radius 2 is 1.62 bits per heavy atom. The van der Waals surface area contributed by atoms with Crippen molar-refractivity contribution in [3.63, 3.8) is 0 Å². The quantitative estimate of drug-likeness (QED) is 0.231. The van der Waals surface area contributed by atoms with Crippen LogP contribution in [0.3, 0.4) is 0 Å². The molecule has 0 aliphatic carbocycles. The zero-order valence-electron chi connectivity index (χ0n) is 20.3. The molecule has 216 valence electrons. The number of nitrogens with one attached hydrogen (secondary N) is 2. The Morgan fingerprint density at radius 3 is 2.17 bits per heavy atom. The number of carbonyl (C=O) groups is 3. The lowest BCUT2D eigenvalue weighted by molar-refractivity contribution is -0.143. The second kappa shape index (κ2) is 8.97. The van der Waals surface area contributed by atoms with Crippen LogP contribution < -0.4 is 22.1 Å². The van der Waals surface area contributed by atoms with Gasteiger partial charge in [-0.25, -0.2) is 9.98 Å². The maximum absolute atomic E-state index is 13.3. The minimum atomic E-state index is -5.17. The number of halogens is 6. The number of guanidine groups is 2. The number of alkyl halides is 6. The van der Waals surface area contributed by atoms with E-state index >= 15 is 0 Å². The van der Waals surface area contributed by atoms with Gasteiger partial charge in [0.05, 0.1) is 29.8 Å². The molecule has 0 bridgehead atoms. The molecule has 2 saturated heterocycles. The van der Waals surface area contributed by atoms with Crippen molar-refractivity contribution in [3.05, 3.63) is 34.9 Å². The van der Waals surface area contributed by atoms with Crippen LogP contribution in [0.25, 0.3) is 0 Å². The number of carbonyl (C=O) groups excluding carboxylic acids is 3. The fourth-order valence-electron chi connectivity index (χ4n) is 5.54. The van der Waals surface area contributed by atoms with Crippen molar-refractivity contribution in [2.75, 3.05) is 13.1 Å². The Labute approximate surface area is 221 Å².